The van der Waals surface area contributed by atoms with Gasteiger partial charge in [0.2, 0.25) is 0 Å². The van der Waals surface area contributed by atoms with E-state index in [1.54, 1.807) is 12.1 Å². The van der Waals surface area contributed by atoms with Gasteiger partial charge in [-0.2, -0.15) is 0 Å². The Morgan fingerprint density at radius 2 is 1.88 bits per heavy atom. The van der Waals surface area contributed by atoms with Crippen molar-refractivity contribution in [1.29, 1.82) is 0 Å². The standard InChI is InChI=1S/C11H16FN3O/c12-9-3-5-10(6-4-9)16-8-2-1-7-15-11(13)14/h3-6H,1-2,7-8H2,(H4,13,14,15). The molecule has 0 bridgehead atoms. The van der Waals surface area contributed by atoms with Crippen LogP contribution in [-0.4, -0.2) is 19.1 Å². The molecule has 1 aromatic carbocycles. The molecule has 0 unspecified atom stereocenters. The van der Waals surface area contributed by atoms with Crippen LogP contribution in [0.4, 0.5) is 4.39 Å². The van der Waals surface area contributed by atoms with Gasteiger partial charge < -0.3 is 16.2 Å². The first-order valence-electron chi connectivity index (χ1n) is 5.12. The predicted octanol–water partition coefficient (Wildman–Crippen LogP) is 1.26. The summed E-state index contributed by atoms with van der Waals surface area (Å²) in [5, 5.41) is 0. The largest absolute Gasteiger partial charge is 0.494 e. The number of guanidine groups is 1. The van der Waals surface area contributed by atoms with Crippen LogP contribution in [0.3, 0.4) is 0 Å². The molecule has 88 valence electrons. The maximum Gasteiger partial charge on any atom is 0.185 e. The van der Waals surface area contributed by atoms with Crippen LogP contribution in [0, 0.1) is 5.82 Å². The third kappa shape index (κ3) is 5.19. The second kappa shape index (κ2) is 6.66. The minimum Gasteiger partial charge on any atom is -0.494 e. The minimum absolute atomic E-state index is 0.111. The SMILES string of the molecule is NC(N)=NCCCCOc1ccc(F)cc1. The van der Waals surface area contributed by atoms with Crippen molar-refractivity contribution in [1.82, 2.24) is 0 Å². The highest BCUT2D eigenvalue weighted by Gasteiger charge is 1.94. The van der Waals surface area contributed by atoms with Gasteiger partial charge in [0, 0.05) is 6.54 Å². The molecule has 1 aromatic rings. The molecule has 0 aliphatic rings. The lowest BCUT2D eigenvalue weighted by Crippen LogP contribution is -2.23. The number of ether oxygens (including phenoxy) is 1. The number of aliphatic imine (C=N–C) groups is 1. The smallest absolute Gasteiger partial charge is 0.185 e. The van der Waals surface area contributed by atoms with Crippen LogP contribution in [0.25, 0.3) is 0 Å². The third-order valence-corrected chi connectivity index (χ3v) is 1.93. The Morgan fingerprint density at radius 1 is 1.19 bits per heavy atom. The summed E-state index contributed by atoms with van der Waals surface area (Å²) in [6.45, 7) is 1.18. The van der Waals surface area contributed by atoms with E-state index >= 15 is 0 Å². The molecule has 0 fully saturated rings. The van der Waals surface area contributed by atoms with E-state index in [-0.39, 0.29) is 11.8 Å². The van der Waals surface area contributed by atoms with Crippen molar-refractivity contribution in [2.24, 2.45) is 16.5 Å². The Morgan fingerprint density at radius 3 is 2.50 bits per heavy atom. The van der Waals surface area contributed by atoms with Crippen LogP contribution in [-0.2, 0) is 0 Å². The number of rotatable bonds is 6. The number of hydrogen-bond acceptors (Lipinski definition) is 2. The van der Waals surface area contributed by atoms with E-state index in [9.17, 15) is 4.39 Å². The molecular formula is C11H16FN3O. The Kier molecular flexibility index (Phi) is 5.11. The first kappa shape index (κ1) is 12.3. The number of halogens is 1. The second-order valence-corrected chi connectivity index (χ2v) is 3.32. The quantitative estimate of drug-likeness (QED) is 0.435. The topological polar surface area (TPSA) is 73.6 Å². The monoisotopic (exact) mass is 225 g/mol. The van der Waals surface area contributed by atoms with E-state index in [0.717, 1.165) is 12.8 Å². The maximum absolute atomic E-state index is 12.6. The van der Waals surface area contributed by atoms with E-state index in [4.69, 9.17) is 16.2 Å². The molecule has 4 nitrogen and oxygen atoms in total. The molecule has 0 saturated carbocycles. The van der Waals surface area contributed by atoms with Gasteiger partial charge in [0.05, 0.1) is 6.61 Å². The lowest BCUT2D eigenvalue weighted by Gasteiger charge is -2.04. The minimum atomic E-state index is -0.264. The molecule has 0 saturated heterocycles. The Balaban J connectivity index is 2.12. The van der Waals surface area contributed by atoms with E-state index in [0.29, 0.717) is 18.9 Å². The average molecular weight is 225 g/mol. The zero-order chi connectivity index (χ0) is 11.8. The normalized spacial score (nSPS) is 9.81. The van der Waals surface area contributed by atoms with Crippen molar-refractivity contribution in [3.63, 3.8) is 0 Å². The molecule has 16 heavy (non-hydrogen) atoms. The number of nitrogens with zero attached hydrogens (tertiary/aromatic N) is 1. The van der Waals surface area contributed by atoms with Crippen molar-refractivity contribution in [2.45, 2.75) is 12.8 Å². The van der Waals surface area contributed by atoms with Crippen LogP contribution in [0.15, 0.2) is 29.3 Å². The third-order valence-electron chi connectivity index (χ3n) is 1.93. The number of hydrogen-bond donors (Lipinski definition) is 2. The predicted molar refractivity (Wildman–Crippen MR) is 61.8 cm³/mol. The van der Waals surface area contributed by atoms with Gasteiger partial charge in [-0.25, -0.2) is 4.39 Å². The van der Waals surface area contributed by atoms with Crippen LogP contribution in [0.1, 0.15) is 12.8 Å². The molecule has 1 rings (SSSR count). The van der Waals surface area contributed by atoms with Crippen molar-refractivity contribution in [2.75, 3.05) is 13.2 Å². The molecule has 0 atom stereocenters. The van der Waals surface area contributed by atoms with Gasteiger partial charge in [-0.3, -0.25) is 4.99 Å². The Hall–Kier alpha value is -1.78. The van der Waals surface area contributed by atoms with Gasteiger partial charge in [0.15, 0.2) is 5.96 Å². The lowest BCUT2D eigenvalue weighted by molar-refractivity contribution is 0.307. The molecular weight excluding hydrogens is 209 g/mol. The summed E-state index contributed by atoms with van der Waals surface area (Å²) in [5.41, 5.74) is 10.3. The molecule has 0 aromatic heterocycles. The van der Waals surface area contributed by atoms with Crippen molar-refractivity contribution in [3.8, 4) is 5.75 Å². The highest BCUT2D eigenvalue weighted by molar-refractivity contribution is 5.75. The fourth-order valence-corrected chi connectivity index (χ4v) is 1.14. The Labute approximate surface area is 94.1 Å². The fourth-order valence-electron chi connectivity index (χ4n) is 1.14. The van der Waals surface area contributed by atoms with Gasteiger partial charge in [-0.15, -0.1) is 0 Å². The van der Waals surface area contributed by atoms with Gasteiger partial charge in [-0.1, -0.05) is 0 Å². The summed E-state index contributed by atoms with van der Waals surface area (Å²) in [6.07, 6.45) is 1.72. The average Bonchev–Trinajstić information content (AvgIpc) is 2.25. The number of unbranched alkanes of at least 4 members (excludes halogenated alkanes) is 1. The van der Waals surface area contributed by atoms with Crippen molar-refractivity contribution >= 4 is 5.96 Å². The van der Waals surface area contributed by atoms with E-state index in [1.807, 2.05) is 0 Å². The zero-order valence-electron chi connectivity index (χ0n) is 9.03. The first-order chi connectivity index (χ1) is 7.68. The molecule has 0 aliphatic heterocycles. The van der Waals surface area contributed by atoms with Crippen LogP contribution in [0.5, 0.6) is 5.75 Å². The van der Waals surface area contributed by atoms with Gasteiger partial charge >= 0.3 is 0 Å². The summed E-state index contributed by atoms with van der Waals surface area (Å²) >= 11 is 0. The van der Waals surface area contributed by atoms with Crippen molar-refractivity contribution < 1.29 is 9.13 Å². The van der Waals surface area contributed by atoms with E-state index < -0.39 is 0 Å². The molecule has 0 aliphatic carbocycles. The van der Waals surface area contributed by atoms with E-state index in [2.05, 4.69) is 4.99 Å². The molecule has 0 radical (unpaired) electrons. The summed E-state index contributed by atoms with van der Waals surface area (Å²) < 4.78 is 17.9. The summed E-state index contributed by atoms with van der Waals surface area (Å²) in [6, 6.07) is 5.94. The second-order valence-electron chi connectivity index (χ2n) is 3.32. The number of nitrogens with two attached hydrogens (primary N) is 2. The highest BCUT2D eigenvalue weighted by Crippen LogP contribution is 2.11. The summed E-state index contributed by atoms with van der Waals surface area (Å²) in [5.74, 6) is 0.516. The van der Waals surface area contributed by atoms with Crippen LogP contribution >= 0.6 is 0 Å². The van der Waals surface area contributed by atoms with Gasteiger partial charge in [0.25, 0.3) is 0 Å². The lowest BCUT2D eigenvalue weighted by atomic mass is 10.3. The van der Waals surface area contributed by atoms with Gasteiger partial charge in [-0.05, 0) is 37.1 Å². The van der Waals surface area contributed by atoms with Crippen LogP contribution in [0.2, 0.25) is 0 Å². The van der Waals surface area contributed by atoms with Crippen molar-refractivity contribution in [3.05, 3.63) is 30.1 Å². The summed E-state index contributed by atoms with van der Waals surface area (Å²) in [7, 11) is 0. The van der Waals surface area contributed by atoms with Gasteiger partial charge in [0.1, 0.15) is 11.6 Å². The molecule has 4 N–H and O–H groups in total. The Bertz CT molecular complexity index is 334. The first-order valence-corrected chi connectivity index (χ1v) is 5.12. The molecule has 5 heteroatoms. The van der Waals surface area contributed by atoms with E-state index in [1.165, 1.54) is 12.1 Å². The molecule has 0 amide bonds. The molecule has 0 heterocycles. The van der Waals surface area contributed by atoms with Crippen LogP contribution < -0.4 is 16.2 Å². The number of benzene rings is 1. The fraction of sp³-hybridized carbons (Fsp3) is 0.364. The summed E-state index contributed by atoms with van der Waals surface area (Å²) in [4.78, 5) is 3.85. The highest BCUT2D eigenvalue weighted by atomic mass is 19.1. The zero-order valence-corrected chi connectivity index (χ0v) is 9.03. The maximum atomic E-state index is 12.6. The molecule has 0 spiro atoms.